The van der Waals surface area contributed by atoms with Crippen LogP contribution in [0.2, 0.25) is 0 Å². The monoisotopic (exact) mass is 396 g/mol. The van der Waals surface area contributed by atoms with E-state index in [1.54, 1.807) is 24.3 Å². The smallest absolute Gasteiger partial charge is 0.338 e. The lowest BCUT2D eigenvalue weighted by atomic mass is 9.89. The van der Waals surface area contributed by atoms with Crippen molar-refractivity contribution in [1.29, 1.82) is 0 Å². The SMILES string of the molecule is CCC(CC)C(CC(OC(=O)c1ccccc1)C(C)C)OC(=O)c1ccccc1. The lowest BCUT2D eigenvalue weighted by Crippen LogP contribution is -2.35. The summed E-state index contributed by atoms with van der Waals surface area (Å²) in [5.41, 5.74) is 1.06. The number of carbonyl (C=O) groups excluding carboxylic acids is 2. The second kappa shape index (κ2) is 11.4. The van der Waals surface area contributed by atoms with Crippen LogP contribution in [0.15, 0.2) is 60.7 Å². The van der Waals surface area contributed by atoms with E-state index >= 15 is 0 Å². The number of rotatable bonds is 10. The predicted molar refractivity (Wildman–Crippen MR) is 115 cm³/mol. The second-order valence-electron chi connectivity index (χ2n) is 7.68. The van der Waals surface area contributed by atoms with E-state index in [0.717, 1.165) is 12.8 Å². The maximum absolute atomic E-state index is 12.7. The Morgan fingerprint density at radius 1 is 0.724 bits per heavy atom. The Morgan fingerprint density at radius 3 is 1.52 bits per heavy atom. The second-order valence-corrected chi connectivity index (χ2v) is 7.68. The summed E-state index contributed by atoms with van der Waals surface area (Å²) in [7, 11) is 0. The van der Waals surface area contributed by atoms with Crippen LogP contribution in [0.25, 0.3) is 0 Å². The summed E-state index contributed by atoms with van der Waals surface area (Å²) in [5.74, 6) is -0.365. The summed E-state index contributed by atoms with van der Waals surface area (Å²) >= 11 is 0. The Balaban J connectivity index is 2.15. The molecular weight excluding hydrogens is 364 g/mol. The number of esters is 2. The molecule has 4 nitrogen and oxygen atoms in total. The van der Waals surface area contributed by atoms with Gasteiger partial charge >= 0.3 is 11.9 Å². The predicted octanol–water partition coefficient (Wildman–Crippen LogP) is 5.92. The van der Waals surface area contributed by atoms with Crippen LogP contribution in [-0.4, -0.2) is 24.1 Å². The van der Waals surface area contributed by atoms with Gasteiger partial charge in [-0.2, -0.15) is 0 Å². The third-order valence-corrected chi connectivity index (χ3v) is 5.32. The van der Waals surface area contributed by atoms with Crippen molar-refractivity contribution < 1.29 is 19.1 Å². The van der Waals surface area contributed by atoms with Crippen LogP contribution in [0.4, 0.5) is 0 Å². The van der Waals surface area contributed by atoms with Gasteiger partial charge in [-0.1, -0.05) is 64.1 Å². The zero-order chi connectivity index (χ0) is 21.2. The van der Waals surface area contributed by atoms with Crippen molar-refractivity contribution >= 4 is 11.9 Å². The minimum atomic E-state index is -0.345. The van der Waals surface area contributed by atoms with Crippen LogP contribution in [0, 0.1) is 11.8 Å². The molecule has 0 saturated carbocycles. The zero-order valence-corrected chi connectivity index (χ0v) is 17.8. The van der Waals surface area contributed by atoms with Crippen LogP contribution in [0.5, 0.6) is 0 Å². The van der Waals surface area contributed by atoms with E-state index in [-0.39, 0.29) is 36.0 Å². The molecule has 2 rings (SSSR count). The van der Waals surface area contributed by atoms with Crippen molar-refractivity contribution in [2.24, 2.45) is 11.8 Å². The van der Waals surface area contributed by atoms with E-state index < -0.39 is 0 Å². The molecule has 0 saturated heterocycles. The highest BCUT2D eigenvalue weighted by atomic mass is 16.6. The first-order valence-electron chi connectivity index (χ1n) is 10.5. The number of benzene rings is 2. The van der Waals surface area contributed by atoms with Gasteiger partial charge in [0, 0.05) is 6.42 Å². The molecule has 2 atom stereocenters. The van der Waals surface area contributed by atoms with Gasteiger partial charge in [-0.3, -0.25) is 0 Å². The van der Waals surface area contributed by atoms with Gasteiger partial charge in [0.15, 0.2) is 0 Å². The molecule has 2 aromatic carbocycles. The number of carbonyl (C=O) groups is 2. The van der Waals surface area contributed by atoms with Crippen molar-refractivity contribution in [3.63, 3.8) is 0 Å². The van der Waals surface area contributed by atoms with E-state index in [0.29, 0.717) is 17.5 Å². The molecule has 0 fully saturated rings. The van der Waals surface area contributed by atoms with Gasteiger partial charge in [0.2, 0.25) is 0 Å². The Bertz CT molecular complexity index is 751. The third kappa shape index (κ3) is 6.74. The van der Waals surface area contributed by atoms with Crippen LogP contribution in [0.1, 0.15) is 67.7 Å². The van der Waals surface area contributed by atoms with Crippen LogP contribution >= 0.6 is 0 Å². The zero-order valence-electron chi connectivity index (χ0n) is 17.8. The normalized spacial score (nSPS) is 13.2. The molecule has 29 heavy (non-hydrogen) atoms. The fraction of sp³-hybridized carbons (Fsp3) is 0.440. The number of ether oxygens (including phenoxy) is 2. The fourth-order valence-electron chi connectivity index (χ4n) is 3.40. The van der Waals surface area contributed by atoms with E-state index in [1.807, 2.05) is 50.2 Å². The average molecular weight is 397 g/mol. The first-order chi connectivity index (χ1) is 14.0. The Hall–Kier alpha value is -2.62. The maximum atomic E-state index is 12.7. The first kappa shape index (κ1) is 22.7. The van der Waals surface area contributed by atoms with Crippen molar-refractivity contribution in [1.82, 2.24) is 0 Å². The summed E-state index contributed by atoms with van der Waals surface area (Å²) in [6.45, 7) is 8.23. The summed E-state index contributed by atoms with van der Waals surface area (Å²) in [5, 5.41) is 0. The molecule has 0 aliphatic carbocycles. The van der Waals surface area contributed by atoms with Crippen molar-refractivity contribution in [3.8, 4) is 0 Å². The Kier molecular flexibility index (Phi) is 8.91. The quantitative estimate of drug-likeness (QED) is 0.468. The molecule has 0 radical (unpaired) electrons. The highest BCUT2D eigenvalue weighted by Crippen LogP contribution is 2.26. The number of hydrogen-bond donors (Lipinski definition) is 0. The minimum Gasteiger partial charge on any atom is -0.458 e. The summed E-state index contributed by atoms with van der Waals surface area (Å²) < 4.78 is 11.7. The molecule has 0 heterocycles. The minimum absolute atomic E-state index is 0.106. The molecule has 2 aromatic rings. The average Bonchev–Trinajstić information content (AvgIpc) is 2.75. The van der Waals surface area contributed by atoms with E-state index in [1.165, 1.54) is 0 Å². The molecule has 0 N–H and O–H groups in total. The van der Waals surface area contributed by atoms with Gasteiger partial charge in [0.05, 0.1) is 11.1 Å². The fourth-order valence-corrected chi connectivity index (χ4v) is 3.40. The van der Waals surface area contributed by atoms with Crippen molar-refractivity contribution in [3.05, 3.63) is 71.8 Å². The summed E-state index contributed by atoms with van der Waals surface area (Å²) in [4.78, 5) is 25.2. The van der Waals surface area contributed by atoms with Gasteiger partial charge in [-0.15, -0.1) is 0 Å². The molecule has 0 aliphatic rings. The lowest BCUT2D eigenvalue weighted by Gasteiger charge is -2.30. The molecular formula is C25H32O4. The van der Waals surface area contributed by atoms with Crippen LogP contribution in [0.3, 0.4) is 0 Å². The van der Waals surface area contributed by atoms with E-state index in [2.05, 4.69) is 13.8 Å². The highest BCUT2D eigenvalue weighted by Gasteiger charge is 2.30. The Morgan fingerprint density at radius 2 is 1.14 bits per heavy atom. The van der Waals surface area contributed by atoms with Gasteiger partial charge < -0.3 is 9.47 Å². The lowest BCUT2D eigenvalue weighted by molar-refractivity contribution is -0.0268. The largest absolute Gasteiger partial charge is 0.458 e. The first-order valence-corrected chi connectivity index (χ1v) is 10.5. The highest BCUT2D eigenvalue weighted by molar-refractivity contribution is 5.90. The van der Waals surface area contributed by atoms with Gasteiger partial charge in [0.1, 0.15) is 12.2 Å². The van der Waals surface area contributed by atoms with Crippen LogP contribution in [-0.2, 0) is 9.47 Å². The van der Waals surface area contributed by atoms with Crippen LogP contribution < -0.4 is 0 Å². The standard InChI is InChI=1S/C25H32O4/c1-5-19(6-2)23(29-25(27)21-15-11-8-12-16-21)17-22(18(3)4)28-24(26)20-13-9-7-10-14-20/h7-16,18-19,22-23H,5-6,17H2,1-4H3. The molecule has 0 amide bonds. The molecule has 0 aliphatic heterocycles. The summed E-state index contributed by atoms with van der Waals surface area (Å²) in [6, 6.07) is 18.0. The molecule has 0 aromatic heterocycles. The van der Waals surface area contributed by atoms with Gasteiger partial charge in [0.25, 0.3) is 0 Å². The van der Waals surface area contributed by atoms with Crippen molar-refractivity contribution in [2.75, 3.05) is 0 Å². The molecule has 2 unspecified atom stereocenters. The maximum Gasteiger partial charge on any atom is 0.338 e. The Labute approximate surface area is 174 Å². The molecule has 0 bridgehead atoms. The number of hydrogen-bond acceptors (Lipinski definition) is 4. The summed E-state index contributed by atoms with van der Waals surface area (Å²) in [6.07, 6.45) is 1.62. The topological polar surface area (TPSA) is 52.6 Å². The van der Waals surface area contributed by atoms with E-state index in [9.17, 15) is 9.59 Å². The molecule has 4 heteroatoms. The van der Waals surface area contributed by atoms with Crippen molar-refractivity contribution in [2.45, 2.75) is 59.2 Å². The van der Waals surface area contributed by atoms with E-state index in [4.69, 9.17) is 9.47 Å². The van der Waals surface area contributed by atoms with Gasteiger partial charge in [-0.25, -0.2) is 9.59 Å². The third-order valence-electron chi connectivity index (χ3n) is 5.32. The molecule has 0 spiro atoms. The molecule has 156 valence electrons. The van der Waals surface area contributed by atoms with Gasteiger partial charge in [-0.05, 0) is 48.9 Å².